The van der Waals surface area contributed by atoms with Crippen molar-refractivity contribution in [1.29, 1.82) is 0 Å². The molecule has 0 fully saturated rings. The number of hydrogen-bond acceptors (Lipinski definition) is 5. The molecule has 0 radical (unpaired) electrons. The van der Waals surface area contributed by atoms with E-state index in [4.69, 9.17) is 5.84 Å². The lowest BCUT2D eigenvalue weighted by molar-refractivity contribution is 0.888. The van der Waals surface area contributed by atoms with Gasteiger partial charge in [-0.15, -0.1) is 0 Å². The number of nitrogen functional groups attached to an aromatic ring is 1. The summed E-state index contributed by atoms with van der Waals surface area (Å²) in [6.07, 6.45) is 0.781. The quantitative estimate of drug-likeness (QED) is 0.513. The molecule has 0 bridgehead atoms. The second kappa shape index (κ2) is 6.17. The van der Waals surface area contributed by atoms with Gasteiger partial charge in [-0.3, -0.25) is 0 Å². The summed E-state index contributed by atoms with van der Waals surface area (Å²) in [5.41, 5.74) is 2.57. The molecule has 0 saturated heterocycles. The van der Waals surface area contributed by atoms with Crippen molar-refractivity contribution in [3.05, 3.63) is 40.6 Å². The summed E-state index contributed by atoms with van der Waals surface area (Å²) in [7, 11) is 0. The Bertz CT molecular complexity index is 508. The molecular formula is C12H13BrN4S. The van der Waals surface area contributed by atoms with Gasteiger partial charge in [0.25, 0.3) is 0 Å². The van der Waals surface area contributed by atoms with Gasteiger partial charge in [-0.1, -0.05) is 34.6 Å². The van der Waals surface area contributed by atoms with Crippen molar-refractivity contribution in [2.75, 3.05) is 5.43 Å². The number of anilines is 1. The van der Waals surface area contributed by atoms with Crippen LogP contribution in [0, 0.1) is 0 Å². The fourth-order valence-corrected chi connectivity index (χ4v) is 2.48. The van der Waals surface area contributed by atoms with E-state index in [2.05, 4.69) is 31.3 Å². The van der Waals surface area contributed by atoms with E-state index in [1.165, 1.54) is 0 Å². The first-order valence-corrected chi connectivity index (χ1v) is 7.10. The van der Waals surface area contributed by atoms with Crippen LogP contribution in [-0.2, 0) is 6.42 Å². The van der Waals surface area contributed by atoms with Crippen LogP contribution in [0.3, 0.4) is 0 Å². The standard InChI is InChI=1S/C12H13BrN4S/c1-2-10-15-11(17-14)7-12(16-10)18-9-5-3-8(13)4-6-9/h3-7H,2,14H2,1H3,(H,15,16,17). The Morgan fingerprint density at radius 3 is 2.61 bits per heavy atom. The van der Waals surface area contributed by atoms with Gasteiger partial charge in [0.2, 0.25) is 0 Å². The topological polar surface area (TPSA) is 63.8 Å². The summed E-state index contributed by atoms with van der Waals surface area (Å²) in [6.45, 7) is 2.02. The van der Waals surface area contributed by atoms with Crippen molar-refractivity contribution in [3.63, 3.8) is 0 Å². The molecule has 0 aliphatic carbocycles. The van der Waals surface area contributed by atoms with Gasteiger partial charge in [-0.2, -0.15) is 0 Å². The Labute approximate surface area is 119 Å². The highest BCUT2D eigenvalue weighted by Gasteiger charge is 2.04. The lowest BCUT2D eigenvalue weighted by atomic mass is 10.4. The molecule has 2 rings (SSSR count). The summed E-state index contributed by atoms with van der Waals surface area (Å²) >= 11 is 5.00. The lowest BCUT2D eigenvalue weighted by Gasteiger charge is -2.06. The van der Waals surface area contributed by atoms with Gasteiger partial charge in [-0.25, -0.2) is 15.8 Å². The van der Waals surface area contributed by atoms with Crippen LogP contribution in [0.25, 0.3) is 0 Å². The third-order valence-corrected chi connectivity index (χ3v) is 3.70. The van der Waals surface area contributed by atoms with Crippen LogP contribution >= 0.6 is 27.7 Å². The number of nitrogens with zero attached hydrogens (tertiary/aromatic N) is 2. The minimum atomic E-state index is 0.640. The molecule has 1 aromatic heterocycles. The average molecular weight is 325 g/mol. The maximum absolute atomic E-state index is 5.40. The monoisotopic (exact) mass is 324 g/mol. The number of nitrogens with two attached hydrogens (primary N) is 1. The number of benzene rings is 1. The number of aromatic nitrogens is 2. The highest BCUT2D eigenvalue weighted by atomic mass is 79.9. The number of nitrogens with one attached hydrogen (secondary N) is 1. The highest BCUT2D eigenvalue weighted by Crippen LogP contribution is 2.28. The van der Waals surface area contributed by atoms with Crippen LogP contribution in [0.1, 0.15) is 12.7 Å². The van der Waals surface area contributed by atoms with Gasteiger partial charge in [0.15, 0.2) is 0 Å². The molecule has 0 amide bonds. The number of aryl methyl sites for hydroxylation is 1. The second-order valence-electron chi connectivity index (χ2n) is 3.56. The lowest BCUT2D eigenvalue weighted by Crippen LogP contribution is -2.10. The van der Waals surface area contributed by atoms with E-state index < -0.39 is 0 Å². The van der Waals surface area contributed by atoms with Crippen molar-refractivity contribution < 1.29 is 0 Å². The first kappa shape index (κ1) is 13.3. The predicted molar refractivity (Wildman–Crippen MR) is 77.5 cm³/mol. The zero-order valence-electron chi connectivity index (χ0n) is 9.85. The van der Waals surface area contributed by atoms with Gasteiger partial charge in [0, 0.05) is 21.9 Å². The molecule has 1 heterocycles. The SMILES string of the molecule is CCc1nc(NN)cc(Sc2ccc(Br)cc2)n1. The van der Waals surface area contributed by atoms with Crippen molar-refractivity contribution in [3.8, 4) is 0 Å². The minimum absolute atomic E-state index is 0.640. The zero-order valence-corrected chi connectivity index (χ0v) is 12.3. The molecule has 0 aliphatic rings. The van der Waals surface area contributed by atoms with Crippen LogP contribution in [-0.4, -0.2) is 9.97 Å². The molecule has 18 heavy (non-hydrogen) atoms. The van der Waals surface area contributed by atoms with E-state index in [9.17, 15) is 0 Å². The molecule has 1 aromatic carbocycles. The zero-order chi connectivity index (χ0) is 13.0. The van der Waals surface area contributed by atoms with Crippen molar-refractivity contribution in [2.45, 2.75) is 23.3 Å². The first-order valence-electron chi connectivity index (χ1n) is 5.49. The van der Waals surface area contributed by atoms with Crippen LogP contribution < -0.4 is 11.3 Å². The molecular weight excluding hydrogens is 312 g/mol. The molecule has 3 N–H and O–H groups in total. The molecule has 94 valence electrons. The van der Waals surface area contributed by atoms with Crippen LogP contribution in [0.4, 0.5) is 5.82 Å². The van der Waals surface area contributed by atoms with E-state index in [-0.39, 0.29) is 0 Å². The van der Waals surface area contributed by atoms with Crippen LogP contribution in [0.15, 0.2) is 44.7 Å². The molecule has 0 atom stereocenters. The van der Waals surface area contributed by atoms with Crippen molar-refractivity contribution in [1.82, 2.24) is 9.97 Å². The maximum atomic E-state index is 5.40. The fourth-order valence-electron chi connectivity index (χ4n) is 1.38. The third-order valence-electron chi connectivity index (χ3n) is 2.25. The van der Waals surface area contributed by atoms with E-state index in [1.807, 2.05) is 37.3 Å². The minimum Gasteiger partial charge on any atom is -0.308 e. The van der Waals surface area contributed by atoms with Gasteiger partial charge in [-0.05, 0) is 24.3 Å². The van der Waals surface area contributed by atoms with E-state index >= 15 is 0 Å². The summed E-state index contributed by atoms with van der Waals surface area (Å²) in [5.74, 6) is 6.82. The molecule has 0 spiro atoms. The Hall–Kier alpha value is -1.11. The summed E-state index contributed by atoms with van der Waals surface area (Å²) in [4.78, 5) is 9.85. The Kier molecular flexibility index (Phi) is 4.57. The van der Waals surface area contributed by atoms with Crippen molar-refractivity contribution >= 4 is 33.5 Å². The number of rotatable bonds is 4. The molecule has 0 saturated carbocycles. The van der Waals surface area contributed by atoms with E-state index in [0.717, 1.165) is 26.6 Å². The van der Waals surface area contributed by atoms with Gasteiger partial charge < -0.3 is 5.43 Å². The largest absolute Gasteiger partial charge is 0.308 e. The molecule has 0 aliphatic heterocycles. The first-order chi connectivity index (χ1) is 8.71. The molecule has 0 unspecified atom stereocenters. The summed E-state index contributed by atoms with van der Waals surface area (Å²) in [6, 6.07) is 9.93. The maximum Gasteiger partial charge on any atom is 0.144 e. The molecule has 4 nitrogen and oxygen atoms in total. The molecule has 6 heteroatoms. The highest BCUT2D eigenvalue weighted by molar-refractivity contribution is 9.10. The Morgan fingerprint density at radius 1 is 1.28 bits per heavy atom. The van der Waals surface area contributed by atoms with Gasteiger partial charge in [0.05, 0.1) is 0 Å². The summed E-state index contributed by atoms with van der Waals surface area (Å²) in [5, 5.41) is 0.886. The van der Waals surface area contributed by atoms with Crippen LogP contribution in [0.5, 0.6) is 0 Å². The summed E-state index contributed by atoms with van der Waals surface area (Å²) < 4.78 is 1.06. The van der Waals surface area contributed by atoms with Gasteiger partial charge >= 0.3 is 0 Å². The second-order valence-corrected chi connectivity index (χ2v) is 5.57. The molecule has 2 aromatic rings. The van der Waals surface area contributed by atoms with Gasteiger partial charge in [0.1, 0.15) is 16.7 Å². The average Bonchev–Trinajstić information content (AvgIpc) is 2.41. The number of halogens is 1. The fraction of sp³-hybridized carbons (Fsp3) is 0.167. The number of hydrazine groups is 1. The van der Waals surface area contributed by atoms with E-state index in [0.29, 0.717) is 5.82 Å². The van der Waals surface area contributed by atoms with E-state index in [1.54, 1.807) is 11.8 Å². The van der Waals surface area contributed by atoms with Crippen molar-refractivity contribution in [2.24, 2.45) is 5.84 Å². The normalized spacial score (nSPS) is 10.4. The Balaban J connectivity index is 2.25. The van der Waals surface area contributed by atoms with Crippen LogP contribution in [0.2, 0.25) is 0 Å². The Morgan fingerprint density at radius 2 is 2.00 bits per heavy atom. The third kappa shape index (κ3) is 3.44. The smallest absolute Gasteiger partial charge is 0.144 e. The number of hydrogen-bond donors (Lipinski definition) is 2. The predicted octanol–water partition coefficient (Wildman–Crippen LogP) is 3.24.